The molecule has 1 saturated heterocycles. The van der Waals surface area contributed by atoms with Crippen molar-refractivity contribution in [2.75, 3.05) is 11.5 Å². The summed E-state index contributed by atoms with van der Waals surface area (Å²) in [5, 5.41) is 0. The molecule has 2 N–H and O–H groups in total. The van der Waals surface area contributed by atoms with Gasteiger partial charge in [-0.15, -0.1) is 0 Å². The Morgan fingerprint density at radius 3 is 2.81 bits per heavy atom. The Bertz CT molecular complexity index is 353. The zero-order valence-electron chi connectivity index (χ0n) is 9.12. The van der Waals surface area contributed by atoms with Gasteiger partial charge in [-0.05, 0) is 36.5 Å². The Labute approximate surface area is 99.4 Å². The fourth-order valence-electron chi connectivity index (χ4n) is 1.82. The number of hydrogen-bond donors (Lipinski definition) is 1. The van der Waals surface area contributed by atoms with Crippen molar-refractivity contribution in [3.8, 4) is 5.75 Å². The van der Waals surface area contributed by atoms with Crippen molar-refractivity contribution in [3.05, 3.63) is 29.6 Å². The molecular weight excluding hydrogens is 225 g/mol. The van der Waals surface area contributed by atoms with Gasteiger partial charge >= 0.3 is 0 Å². The highest BCUT2D eigenvalue weighted by atomic mass is 32.2. The number of hydrogen-bond acceptors (Lipinski definition) is 3. The van der Waals surface area contributed by atoms with Crippen LogP contribution in [0.15, 0.2) is 18.2 Å². The molecule has 0 amide bonds. The third kappa shape index (κ3) is 2.68. The van der Waals surface area contributed by atoms with Gasteiger partial charge in [0.1, 0.15) is 17.7 Å². The van der Waals surface area contributed by atoms with Gasteiger partial charge in [0, 0.05) is 12.1 Å². The summed E-state index contributed by atoms with van der Waals surface area (Å²) in [5.41, 5.74) is 6.02. The highest BCUT2D eigenvalue weighted by molar-refractivity contribution is 7.99. The van der Waals surface area contributed by atoms with E-state index in [1.807, 2.05) is 11.8 Å². The van der Waals surface area contributed by atoms with E-state index in [0.717, 1.165) is 24.3 Å². The van der Waals surface area contributed by atoms with E-state index in [2.05, 4.69) is 0 Å². The summed E-state index contributed by atoms with van der Waals surface area (Å²) in [4.78, 5) is 0. The zero-order chi connectivity index (χ0) is 11.4. The first-order chi connectivity index (χ1) is 7.81. The Balaban J connectivity index is 2.10. The Hall–Kier alpha value is -0.740. The van der Waals surface area contributed by atoms with E-state index in [4.69, 9.17) is 10.5 Å². The minimum absolute atomic E-state index is 0.184. The Kier molecular flexibility index (Phi) is 4.07. The molecule has 1 fully saturated rings. The largest absolute Gasteiger partial charge is 0.490 e. The van der Waals surface area contributed by atoms with Gasteiger partial charge in [-0.1, -0.05) is 6.07 Å². The third-order valence-electron chi connectivity index (χ3n) is 2.74. The highest BCUT2D eigenvalue weighted by Gasteiger charge is 2.17. The number of benzene rings is 1. The van der Waals surface area contributed by atoms with E-state index in [1.165, 1.54) is 6.07 Å². The second-order valence-corrected chi connectivity index (χ2v) is 5.07. The fraction of sp³-hybridized carbons (Fsp3) is 0.500. The van der Waals surface area contributed by atoms with Gasteiger partial charge < -0.3 is 10.5 Å². The van der Waals surface area contributed by atoms with E-state index in [-0.39, 0.29) is 18.5 Å². The number of ether oxygens (including phenoxy) is 1. The highest BCUT2D eigenvalue weighted by Crippen LogP contribution is 2.26. The van der Waals surface area contributed by atoms with Crippen LogP contribution >= 0.6 is 11.8 Å². The van der Waals surface area contributed by atoms with Crippen LogP contribution in [0.2, 0.25) is 0 Å². The van der Waals surface area contributed by atoms with Gasteiger partial charge in [-0.3, -0.25) is 0 Å². The molecule has 1 heterocycles. The monoisotopic (exact) mass is 241 g/mol. The quantitative estimate of drug-likeness (QED) is 0.883. The Morgan fingerprint density at radius 1 is 1.38 bits per heavy atom. The normalized spacial score (nSPS) is 17.4. The predicted octanol–water partition coefficient (Wildman–Crippen LogP) is 2.56. The van der Waals surface area contributed by atoms with Gasteiger partial charge in [0.15, 0.2) is 0 Å². The summed E-state index contributed by atoms with van der Waals surface area (Å²) in [7, 11) is 0. The van der Waals surface area contributed by atoms with Gasteiger partial charge in [0.2, 0.25) is 0 Å². The fourth-order valence-corrected chi connectivity index (χ4v) is 2.88. The molecule has 0 bridgehead atoms. The number of nitrogens with two attached hydrogens (primary N) is 1. The van der Waals surface area contributed by atoms with Crippen LogP contribution in [0.3, 0.4) is 0 Å². The number of halogens is 1. The molecule has 1 aromatic rings. The molecule has 1 aliphatic heterocycles. The minimum Gasteiger partial charge on any atom is -0.490 e. The first-order valence-electron chi connectivity index (χ1n) is 5.53. The van der Waals surface area contributed by atoms with Gasteiger partial charge in [-0.25, -0.2) is 4.39 Å². The van der Waals surface area contributed by atoms with Crippen LogP contribution in [0, 0.1) is 5.82 Å². The van der Waals surface area contributed by atoms with Gasteiger partial charge in [0.25, 0.3) is 0 Å². The van der Waals surface area contributed by atoms with Crippen molar-refractivity contribution >= 4 is 11.8 Å². The van der Waals surface area contributed by atoms with Crippen LogP contribution < -0.4 is 10.5 Å². The lowest BCUT2D eigenvalue weighted by Crippen LogP contribution is -2.23. The van der Waals surface area contributed by atoms with E-state index in [1.54, 1.807) is 12.1 Å². The van der Waals surface area contributed by atoms with E-state index in [0.29, 0.717) is 11.3 Å². The molecule has 0 unspecified atom stereocenters. The van der Waals surface area contributed by atoms with Crippen molar-refractivity contribution < 1.29 is 9.13 Å². The van der Waals surface area contributed by atoms with Crippen molar-refractivity contribution in [1.29, 1.82) is 0 Å². The van der Waals surface area contributed by atoms with Crippen LogP contribution in [0.5, 0.6) is 5.75 Å². The standard InChI is InChI=1S/C12H16FNOS/c13-11-2-1-3-12(10(11)8-14)15-9-4-6-16-7-5-9/h1-3,9H,4-8,14H2. The lowest BCUT2D eigenvalue weighted by Gasteiger charge is -2.24. The van der Waals surface area contributed by atoms with Crippen molar-refractivity contribution in [2.24, 2.45) is 5.73 Å². The summed E-state index contributed by atoms with van der Waals surface area (Å²) in [5.74, 6) is 2.58. The van der Waals surface area contributed by atoms with Crippen molar-refractivity contribution in [3.63, 3.8) is 0 Å². The summed E-state index contributed by atoms with van der Waals surface area (Å²) in [6.45, 7) is 0.184. The van der Waals surface area contributed by atoms with Crippen LogP contribution in [0.4, 0.5) is 4.39 Å². The zero-order valence-corrected chi connectivity index (χ0v) is 9.93. The molecule has 16 heavy (non-hydrogen) atoms. The van der Waals surface area contributed by atoms with Crippen LogP contribution in [-0.4, -0.2) is 17.6 Å². The smallest absolute Gasteiger partial charge is 0.131 e. The SMILES string of the molecule is NCc1c(F)cccc1OC1CCSCC1. The molecule has 1 aromatic carbocycles. The molecule has 2 rings (SSSR count). The molecule has 4 heteroatoms. The summed E-state index contributed by atoms with van der Waals surface area (Å²) >= 11 is 1.94. The molecule has 0 radical (unpaired) electrons. The molecule has 88 valence electrons. The Morgan fingerprint density at radius 2 is 2.12 bits per heavy atom. The van der Waals surface area contributed by atoms with Gasteiger partial charge in [-0.2, -0.15) is 11.8 Å². The van der Waals surface area contributed by atoms with Gasteiger partial charge in [0.05, 0.1) is 0 Å². The molecule has 1 aliphatic rings. The van der Waals surface area contributed by atoms with Crippen molar-refractivity contribution in [2.45, 2.75) is 25.5 Å². The maximum absolute atomic E-state index is 13.4. The first kappa shape index (κ1) is 11.7. The van der Waals surface area contributed by atoms with E-state index < -0.39 is 0 Å². The molecular formula is C12H16FNOS. The number of thioether (sulfide) groups is 1. The second-order valence-electron chi connectivity index (χ2n) is 3.85. The lowest BCUT2D eigenvalue weighted by atomic mass is 10.1. The molecule has 0 saturated carbocycles. The summed E-state index contributed by atoms with van der Waals surface area (Å²) in [6.07, 6.45) is 2.28. The minimum atomic E-state index is -0.273. The summed E-state index contributed by atoms with van der Waals surface area (Å²) < 4.78 is 19.3. The molecule has 0 spiro atoms. The average molecular weight is 241 g/mol. The topological polar surface area (TPSA) is 35.2 Å². The second kappa shape index (κ2) is 5.55. The third-order valence-corrected chi connectivity index (χ3v) is 3.79. The van der Waals surface area contributed by atoms with Crippen LogP contribution in [0.25, 0.3) is 0 Å². The number of rotatable bonds is 3. The molecule has 0 aromatic heterocycles. The van der Waals surface area contributed by atoms with Crippen LogP contribution in [-0.2, 0) is 6.54 Å². The van der Waals surface area contributed by atoms with Crippen LogP contribution in [0.1, 0.15) is 18.4 Å². The molecule has 2 nitrogen and oxygen atoms in total. The maximum atomic E-state index is 13.4. The molecule has 0 aliphatic carbocycles. The lowest BCUT2D eigenvalue weighted by molar-refractivity contribution is 0.189. The first-order valence-corrected chi connectivity index (χ1v) is 6.68. The summed E-state index contributed by atoms with van der Waals surface area (Å²) in [6, 6.07) is 4.89. The average Bonchev–Trinajstić information content (AvgIpc) is 2.31. The maximum Gasteiger partial charge on any atom is 0.131 e. The van der Waals surface area contributed by atoms with E-state index >= 15 is 0 Å². The predicted molar refractivity (Wildman–Crippen MR) is 65.3 cm³/mol. The van der Waals surface area contributed by atoms with E-state index in [9.17, 15) is 4.39 Å². The molecule has 0 atom stereocenters. The van der Waals surface area contributed by atoms with Crippen molar-refractivity contribution in [1.82, 2.24) is 0 Å².